The molecule has 7 heteroatoms. The van der Waals surface area contributed by atoms with E-state index in [1.54, 1.807) is 29.2 Å². The predicted octanol–water partition coefficient (Wildman–Crippen LogP) is 3.42. The van der Waals surface area contributed by atoms with Crippen molar-refractivity contribution in [2.45, 2.75) is 6.54 Å². The van der Waals surface area contributed by atoms with E-state index in [2.05, 4.69) is 20.7 Å². The summed E-state index contributed by atoms with van der Waals surface area (Å²) in [4.78, 5) is 15.9. The molecule has 2 N–H and O–H groups in total. The lowest BCUT2D eigenvalue weighted by molar-refractivity contribution is 0.251. The normalized spacial score (nSPS) is 10.4. The van der Waals surface area contributed by atoms with E-state index in [0.717, 1.165) is 11.3 Å². The van der Waals surface area contributed by atoms with E-state index in [0.29, 0.717) is 23.8 Å². The maximum atomic E-state index is 11.9. The van der Waals surface area contributed by atoms with Crippen LogP contribution in [0.3, 0.4) is 0 Å². The Bertz CT molecular complexity index is 819. The van der Waals surface area contributed by atoms with Gasteiger partial charge in [0.05, 0.1) is 22.9 Å². The van der Waals surface area contributed by atoms with Gasteiger partial charge in [-0.3, -0.25) is 9.67 Å². The third-order valence-electron chi connectivity index (χ3n) is 3.37. The summed E-state index contributed by atoms with van der Waals surface area (Å²) < 4.78 is 1.78. The SMILES string of the molecule is O=C(NCCn1ccc(-c2ccncc2)n1)Nc1ccccc1Cl. The number of hydrogen-bond donors (Lipinski definition) is 2. The number of nitrogens with one attached hydrogen (secondary N) is 2. The van der Waals surface area contributed by atoms with Gasteiger partial charge in [-0.25, -0.2) is 4.79 Å². The van der Waals surface area contributed by atoms with Crippen molar-refractivity contribution in [2.75, 3.05) is 11.9 Å². The number of carbonyl (C=O) groups excluding carboxylic acids is 1. The highest BCUT2D eigenvalue weighted by Gasteiger charge is 2.05. The lowest BCUT2D eigenvalue weighted by Gasteiger charge is -2.08. The number of anilines is 1. The fourth-order valence-electron chi connectivity index (χ4n) is 2.18. The van der Waals surface area contributed by atoms with E-state index in [4.69, 9.17) is 11.6 Å². The van der Waals surface area contributed by atoms with Crippen LogP contribution in [0.1, 0.15) is 0 Å². The predicted molar refractivity (Wildman–Crippen MR) is 93.9 cm³/mol. The molecule has 0 saturated heterocycles. The molecule has 3 rings (SSSR count). The number of amides is 2. The van der Waals surface area contributed by atoms with Crippen LogP contribution in [0.5, 0.6) is 0 Å². The third kappa shape index (κ3) is 4.11. The van der Waals surface area contributed by atoms with Crippen molar-refractivity contribution in [1.29, 1.82) is 0 Å². The molecule has 2 heterocycles. The summed E-state index contributed by atoms with van der Waals surface area (Å²) in [5, 5.41) is 10.5. The fourth-order valence-corrected chi connectivity index (χ4v) is 2.36. The molecule has 0 atom stereocenters. The molecule has 24 heavy (non-hydrogen) atoms. The number of para-hydroxylation sites is 1. The summed E-state index contributed by atoms with van der Waals surface area (Å²) in [6, 6.07) is 12.5. The monoisotopic (exact) mass is 341 g/mol. The molecule has 0 unspecified atom stereocenters. The Morgan fingerprint density at radius 1 is 1.12 bits per heavy atom. The molecule has 0 bridgehead atoms. The Morgan fingerprint density at radius 2 is 1.92 bits per heavy atom. The van der Waals surface area contributed by atoms with Gasteiger partial charge in [-0.15, -0.1) is 0 Å². The fraction of sp³-hybridized carbons (Fsp3) is 0.118. The van der Waals surface area contributed by atoms with Crippen LogP contribution in [-0.2, 0) is 6.54 Å². The second-order valence-electron chi connectivity index (χ2n) is 5.06. The Hall–Kier alpha value is -2.86. The van der Waals surface area contributed by atoms with E-state index >= 15 is 0 Å². The second kappa shape index (κ2) is 7.61. The van der Waals surface area contributed by atoms with Gasteiger partial charge in [-0.2, -0.15) is 5.10 Å². The number of carbonyl (C=O) groups is 1. The van der Waals surface area contributed by atoms with Gasteiger partial charge in [0.2, 0.25) is 0 Å². The van der Waals surface area contributed by atoms with E-state index < -0.39 is 0 Å². The summed E-state index contributed by atoms with van der Waals surface area (Å²) >= 11 is 6.00. The van der Waals surface area contributed by atoms with Crippen LogP contribution >= 0.6 is 11.6 Å². The summed E-state index contributed by atoms with van der Waals surface area (Å²) in [6.07, 6.45) is 5.34. The Kier molecular flexibility index (Phi) is 5.08. The first-order chi connectivity index (χ1) is 11.7. The maximum absolute atomic E-state index is 11.9. The minimum Gasteiger partial charge on any atom is -0.336 e. The van der Waals surface area contributed by atoms with Gasteiger partial charge in [-0.1, -0.05) is 23.7 Å². The van der Waals surface area contributed by atoms with E-state index in [9.17, 15) is 4.79 Å². The number of benzene rings is 1. The number of pyridine rings is 1. The van der Waals surface area contributed by atoms with Gasteiger partial charge in [0.25, 0.3) is 0 Å². The molecule has 0 radical (unpaired) electrons. The molecule has 2 amide bonds. The van der Waals surface area contributed by atoms with Gasteiger partial charge in [-0.05, 0) is 30.3 Å². The highest BCUT2D eigenvalue weighted by atomic mass is 35.5. The molecular weight excluding hydrogens is 326 g/mol. The summed E-state index contributed by atoms with van der Waals surface area (Å²) in [6.45, 7) is 1.02. The Morgan fingerprint density at radius 3 is 2.71 bits per heavy atom. The van der Waals surface area contributed by atoms with Gasteiger partial charge in [0, 0.05) is 30.7 Å². The number of urea groups is 1. The molecule has 0 saturated carbocycles. The van der Waals surface area contributed by atoms with Crippen molar-refractivity contribution < 1.29 is 4.79 Å². The van der Waals surface area contributed by atoms with Crippen LogP contribution in [-0.4, -0.2) is 27.3 Å². The van der Waals surface area contributed by atoms with Crippen molar-refractivity contribution in [1.82, 2.24) is 20.1 Å². The van der Waals surface area contributed by atoms with E-state index in [1.807, 2.05) is 36.5 Å². The second-order valence-corrected chi connectivity index (χ2v) is 5.47. The first kappa shape index (κ1) is 16.0. The third-order valence-corrected chi connectivity index (χ3v) is 3.69. The number of nitrogens with zero attached hydrogens (tertiary/aromatic N) is 3. The van der Waals surface area contributed by atoms with Crippen LogP contribution in [0.2, 0.25) is 5.02 Å². The molecule has 0 spiro atoms. The summed E-state index contributed by atoms with van der Waals surface area (Å²) in [5.41, 5.74) is 2.46. The molecule has 0 fully saturated rings. The first-order valence-electron chi connectivity index (χ1n) is 7.45. The largest absolute Gasteiger partial charge is 0.336 e. The quantitative estimate of drug-likeness (QED) is 0.747. The minimum absolute atomic E-state index is 0.301. The maximum Gasteiger partial charge on any atom is 0.319 e. The Balaban J connectivity index is 1.49. The molecule has 0 aliphatic carbocycles. The number of aromatic nitrogens is 3. The van der Waals surface area contributed by atoms with Gasteiger partial charge >= 0.3 is 6.03 Å². The molecule has 122 valence electrons. The zero-order valence-corrected chi connectivity index (χ0v) is 13.6. The zero-order valence-electron chi connectivity index (χ0n) is 12.8. The van der Waals surface area contributed by atoms with Crippen LogP contribution in [0.25, 0.3) is 11.3 Å². The smallest absolute Gasteiger partial charge is 0.319 e. The van der Waals surface area contributed by atoms with Crippen molar-refractivity contribution in [2.24, 2.45) is 0 Å². The summed E-state index contributed by atoms with van der Waals surface area (Å²) in [5.74, 6) is 0. The molecule has 0 aliphatic rings. The number of halogens is 1. The van der Waals surface area contributed by atoms with Gasteiger partial charge in [0.15, 0.2) is 0 Å². The average molecular weight is 342 g/mol. The summed E-state index contributed by atoms with van der Waals surface area (Å²) in [7, 11) is 0. The van der Waals surface area contributed by atoms with Gasteiger partial charge in [0.1, 0.15) is 0 Å². The van der Waals surface area contributed by atoms with Crippen molar-refractivity contribution in [3.05, 3.63) is 66.1 Å². The van der Waals surface area contributed by atoms with Crippen molar-refractivity contribution in [3.63, 3.8) is 0 Å². The van der Waals surface area contributed by atoms with Crippen LogP contribution in [0.4, 0.5) is 10.5 Å². The van der Waals surface area contributed by atoms with Crippen LogP contribution < -0.4 is 10.6 Å². The average Bonchev–Trinajstić information content (AvgIpc) is 3.07. The first-order valence-corrected chi connectivity index (χ1v) is 7.83. The lowest BCUT2D eigenvalue weighted by Crippen LogP contribution is -2.31. The van der Waals surface area contributed by atoms with Crippen molar-refractivity contribution >= 4 is 23.3 Å². The molecular formula is C17H16ClN5O. The van der Waals surface area contributed by atoms with Crippen LogP contribution in [0.15, 0.2) is 61.1 Å². The van der Waals surface area contributed by atoms with E-state index in [-0.39, 0.29) is 6.03 Å². The van der Waals surface area contributed by atoms with Crippen molar-refractivity contribution in [3.8, 4) is 11.3 Å². The molecule has 1 aromatic carbocycles. The standard InChI is InChI=1S/C17H16ClN5O/c18-14-3-1-2-4-16(14)21-17(24)20-10-12-23-11-7-15(22-23)13-5-8-19-9-6-13/h1-9,11H,10,12H2,(H2,20,21,24). The molecule has 0 aliphatic heterocycles. The lowest BCUT2D eigenvalue weighted by atomic mass is 10.2. The van der Waals surface area contributed by atoms with Gasteiger partial charge < -0.3 is 10.6 Å². The number of hydrogen-bond acceptors (Lipinski definition) is 3. The molecule has 2 aromatic heterocycles. The highest BCUT2D eigenvalue weighted by molar-refractivity contribution is 6.33. The number of rotatable bonds is 5. The zero-order chi connectivity index (χ0) is 16.8. The molecule has 3 aromatic rings. The highest BCUT2D eigenvalue weighted by Crippen LogP contribution is 2.20. The molecule has 6 nitrogen and oxygen atoms in total. The topological polar surface area (TPSA) is 71.8 Å². The van der Waals surface area contributed by atoms with Crippen LogP contribution in [0, 0.1) is 0 Å². The Labute approximate surface area is 144 Å². The minimum atomic E-state index is -0.301. The van der Waals surface area contributed by atoms with E-state index in [1.165, 1.54) is 0 Å².